The molecule has 2 aromatic heterocycles. The molecule has 4 rings (SSSR count). The monoisotopic (exact) mass is 393 g/mol. The topological polar surface area (TPSA) is 50.8 Å². The highest BCUT2D eigenvalue weighted by molar-refractivity contribution is 5.98. The SMILES string of the molecule is COc1ccc(Cn2cc(/C=C(\C#N)c3ccc(C)cc3)c3ccc(C)cc32)cn1. The number of aromatic nitrogens is 2. The van der Waals surface area contributed by atoms with Crippen molar-refractivity contribution < 1.29 is 4.74 Å². The molecular formula is C26H23N3O. The number of rotatable bonds is 5. The second-order valence-corrected chi connectivity index (χ2v) is 7.48. The molecule has 0 spiro atoms. The van der Waals surface area contributed by atoms with E-state index in [9.17, 15) is 5.26 Å². The van der Waals surface area contributed by atoms with Gasteiger partial charge < -0.3 is 9.30 Å². The molecule has 0 atom stereocenters. The minimum atomic E-state index is 0.604. The van der Waals surface area contributed by atoms with E-state index in [0.717, 1.165) is 27.6 Å². The first-order valence-corrected chi connectivity index (χ1v) is 9.84. The van der Waals surface area contributed by atoms with E-state index in [4.69, 9.17) is 4.74 Å². The van der Waals surface area contributed by atoms with E-state index in [-0.39, 0.29) is 0 Å². The van der Waals surface area contributed by atoms with Crippen molar-refractivity contribution in [2.24, 2.45) is 0 Å². The number of hydrogen-bond acceptors (Lipinski definition) is 3. The zero-order valence-electron chi connectivity index (χ0n) is 17.4. The van der Waals surface area contributed by atoms with Crippen LogP contribution in [-0.4, -0.2) is 16.7 Å². The molecule has 0 fully saturated rings. The van der Waals surface area contributed by atoms with Gasteiger partial charge in [0, 0.05) is 41.5 Å². The first kappa shape index (κ1) is 19.5. The minimum Gasteiger partial charge on any atom is -0.481 e. The van der Waals surface area contributed by atoms with Gasteiger partial charge in [0.25, 0.3) is 0 Å². The molecule has 0 aliphatic heterocycles. The molecule has 4 aromatic rings. The van der Waals surface area contributed by atoms with Crippen LogP contribution in [0.4, 0.5) is 0 Å². The van der Waals surface area contributed by atoms with E-state index in [2.05, 4.69) is 46.9 Å². The number of fused-ring (bicyclic) bond motifs is 1. The quantitative estimate of drug-likeness (QED) is 0.404. The van der Waals surface area contributed by atoms with Crippen molar-refractivity contribution >= 4 is 22.6 Å². The smallest absolute Gasteiger partial charge is 0.212 e. The molecule has 148 valence electrons. The highest BCUT2D eigenvalue weighted by atomic mass is 16.5. The number of benzene rings is 2. The Labute approximate surface area is 176 Å². The Kier molecular flexibility index (Phi) is 5.36. The van der Waals surface area contributed by atoms with Gasteiger partial charge >= 0.3 is 0 Å². The molecular weight excluding hydrogens is 370 g/mol. The number of nitriles is 1. The van der Waals surface area contributed by atoms with Gasteiger partial charge in [0.05, 0.1) is 18.8 Å². The Bertz CT molecular complexity index is 1260. The predicted molar refractivity (Wildman–Crippen MR) is 121 cm³/mol. The van der Waals surface area contributed by atoms with E-state index in [0.29, 0.717) is 18.0 Å². The Morgan fingerprint density at radius 1 is 1.07 bits per heavy atom. The summed E-state index contributed by atoms with van der Waals surface area (Å²) in [5.41, 5.74) is 7.21. The molecule has 0 aliphatic rings. The Morgan fingerprint density at radius 2 is 1.83 bits per heavy atom. The summed E-state index contributed by atoms with van der Waals surface area (Å²) in [4.78, 5) is 4.32. The zero-order chi connectivity index (χ0) is 21.1. The summed E-state index contributed by atoms with van der Waals surface area (Å²) in [5, 5.41) is 10.9. The summed E-state index contributed by atoms with van der Waals surface area (Å²) < 4.78 is 7.37. The summed E-state index contributed by atoms with van der Waals surface area (Å²) >= 11 is 0. The standard InChI is InChI=1S/C26H23N3O/c1-18-4-8-21(9-5-18)22(14-27)13-23-17-29(25-12-19(2)6-10-24(23)25)16-20-7-11-26(30-3)28-15-20/h4-13,15,17H,16H2,1-3H3/b22-13+. The van der Waals surface area contributed by atoms with Crippen molar-refractivity contribution in [1.82, 2.24) is 9.55 Å². The third-order valence-electron chi connectivity index (χ3n) is 5.21. The summed E-state index contributed by atoms with van der Waals surface area (Å²) in [6.07, 6.45) is 5.92. The molecule has 4 nitrogen and oxygen atoms in total. The van der Waals surface area contributed by atoms with Crippen LogP contribution in [0.15, 0.2) is 67.0 Å². The molecule has 0 amide bonds. The number of hydrogen-bond donors (Lipinski definition) is 0. The molecule has 0 radical (unpaired) electrons. The van der Waals surface area contributed by atoms with Crippen molar-refractivity contribution in [2.45, 2.75) is 20.4 Å². The highest BCUT2D eigenvalue weighted by Crippen LogP contribution is 2.28. The molecule has 0 unspecified atom stereocenters. The van der Waals surface area contributed by atoms with Crippen LogP contribution in [0.1, 0.15) is 27.8 Å². The summed E-state index contributed by atoms with van der Waals surface area (Å²) in [6, 6.07) is 20.7. The maximum Gasteiger partial charge on any atom is 0.212 e. The van der Waals surface area contributed by atoms with Crippen molar-refractivity contribution in [3.05, 3.63) is 94.8 Å². The molecule has 2 aromatic carbocycles. The predicted octanol–water partition coefficient (Wildman–Crippen LogP) is 5.77. The van der Waals surface area contributed by atoms with Crippen molar-refractivity contribution in [3.8, 4) is 11.9 Å². The molecule has 0 saturated heterocycles. The van der Waals surface area contributed by atoms with E-state index in [1.807, 2.05) is 55.6 Å². The number of allylic oxidation sites excluding steroid dienone is 1. The maximum absolute atomic E-state index is 9.77. The third kappa shape index (κ3) is 3.97. The number of ether oxygens (including phenoxy) is 1. The summed E-state index contributed by atoms with van der Waals surface area (Å²) in [5.74, 6) is 0.604. The summed E-state index contributed by atoms with van der Waals surface area (Å²) in [7, 11) is 1.61. The molecule has 0 N–H and O–H groups in total. The average Bonchev–Trinajstić information content (AvgIpc) is 3.09. The van der Waals surface area contributed by atoms with Gasteiger partial charge in [-0.2, -0.15) is 5.26 Å². The molecule has 4 heteroatoms. The molecule has 30 heavy (non-hydrogen) atoms. The fourth-order valence-corrected chi connectivity index (χ4v) is 3.57. The van der Waals surface area contributed by atoms with Crippen LogP contribution in [-0.2, 0) is 6.54 Å². The Balaban J connectivity index is 1.78. The molecule has 0 saturated carbocycles. The van der Waals surface area contributed by atoms with Crippen LogP contribution in [0.25, 0.3) is 22.6 Å². The van der Waals surface area contributed by atoms with Gasteiger partial charge in [0.1, 0.15) is 0 Å². The average molecular weight is 393 g/mol. The lowest BCUT2D eigenvalue weighted by Crippen LogP contribution is -1.99. The van der Waals surface area contributed by atoms with Crippen LogP contribution in [0.5, 0.6) is 5.88 Å². The van der Waals surface area contributed by atoms with Gasteiger partial charge in [-0.25, -0.2) is 4.98 Å². The molecule has 2 heterocycles. The first-order valence-electron chi connectivity index (χ1n) is 9.84. The number of nitrogens with zero attached hydrogens (tertiary/aromatic N) is 3. The minimum absolute atomic E-state index is 0.604. The lowest BCUT2D eigenvalue weighted by atomic mass is 10.0. The van der Waals surface area contributed by atoms with Crippen LogP contribution in [0.3, 0.4) is 0 Å². The van der Waals surface area contributed by atoms with Gasteiger partial charge in [-0.15, -0.1) is 0 Å². The second kappa shape index (κ2) is 8.26. The lowest BCUT2D eigenvalue weighted by molar-refractivity contribution is 0.397. The van der Waals surface area contributed by atoms with Gasteiger partial charge in [0.15, 0.2) is 0 Å². The van der Waals surface area contributed by atoms with Gasteiger partial charge in [0.2, 0.25) is 5.88 Å². The van der Waals surface area contributed by atoms with Crippen LogP contribution in [0.2, 0.25) is 0 Å². The normalized spacial score (nSPS) is 11.5. The first-order chi connectivity index (χ1) is 14.6. The van der Waals surface area contributed by atoms with E-state index in [1.54, 1.807) is 7.11 Å². The number of methoxy groups -OCH3 is 1. The third-order valence-corrected chi connectivity index (χ3v) is 5.21. The second-order valence-electron chi connectivity index (χ2n) is 7.48. The van der Waals surface area contributed by atoms with Gasteiger partial charge in [-0.3, -0.25) is 0 Å². The number of pyridine rings is 1. The van der Waals surface area contributed by atoms with Crippen LogP contribution >= 0.6 is 0 Å². The van der Waals surface area contributed by atoms with E-state index in [1.165, 1.54) is 11.1 Å². The summed E-state index contributed by atoms with van der Waals surface area (Å²) in [6.45, 7) is 4.83. The Morgan fingerprint density at radius 3 is 2.50 bits per heavy atom. The fourth-order valence-electron chi connectivity index (χ4n) is 3.57. The maximum atomic E-state index is 9.77. The van der Waals surface area contributed by atoms with E-state index < -0.39 is 0 Å². The molecule has 0 aliphatic carbocycles. The van der Waals surface area contributed by atoms with Crippen molar-refractivity contribution in [1.29, 1.82) is 5.26 Å². The highest BCUT2D eigenvalue weighted by Gasteiger charge is 2.10. The largest absolute Gasteiger partial charge is 0.481 e. The lowest BCUT2D eigenvalue weighted by Gasteiger charge is -2.06. The van der Waals surface area contributed by atoms with Crippen LogP contribution in [0, 0.1) is 25.2 Å². The number of aryl methyl sites for hydroxylation is 2. The zero-order valence-corrected chi connectivity index (χ0v) is 17.4. The van der Waals surface area contributed by atoms with Gasteiger partial charge in [-0.1, -0.05) is 48.0 Å². The van der Waals surface area contributed by atoms with Crippen molar-refractivity contribution in [3.63, 3.8) is 0 Å². The van der Waals surface area contributed by atoms with Crippen molar-refractivity contribution in [2.75, 3.05) is 7.11 Å². The Hall–Kier alpha value is -3.84. The van der Waals surface area contributed by atoms with Crippen LogP contribution < -0.4 is 4.74 Å². The van der Waals surface area contributed by atoms with Gasteiger partial charge in [-0.05, 0) is 42.7 Å². The molecule has 0 bridgehead atoms. The fraction of sp³-hybridized carbons (Fsp3) is 0.154. The van der Waals surface area contributed by atoms with E-state index >= 15 is 0 Å².